The summed E-state index contributed by atoms with van der Waals surface area (Å²) >= 11 is 0. The van der Waals surface area contributed by atoms with Gasteiger partial charge < -0.3 is 4.57 Å². The van der Waals surface area contributed by atoms with Gasteiger partial charge in [0.05, 0.1) is 22.2 Å². The van der Waals surface area contributed by atoms with Crippen LogP contribution in [0.25, 0.3) is 88.4 Å². The summed E-state index contributed by atoms with van der Waals surface area (Å²) in [6.45, 7) is 0. The lowest BCUT2D eigenvalue weighted by Crippen LogP contribution is -1.97. The van der Waals surface area contributed by atoms with Crippen LogP contribution in [0.5, 0.6) is 0 Å². The molecule has 0 saturated carbocycles. The van der Waals surface area contributed by atoms with Crippen LogP contribution in [0.4, 0.5) is 0 Å². The molecular weight excluding hydrogens is 562 g/mol. The van der Waals surface area contributed by atoms with Crippen molar-refractivity contribution < 1.29 is 0 Å². The Morgan fingerprint density at radius 1 is 0.413 bits per heavy atom. The van der Waals surface area contributed by atoms with Gasteiger partial charge in [0.1, 0.15) is 0 Å². The molecule has 7 aromatic carbocycles. The van der Waals surface area contributed by atoms with Gasteiger partial charge in [-0.2, -0.15) is 9.50 Å². The average Bonchev–Trinajstić information content (AvgIpc) is 3.72. The second-order valence-electron chi connectivity index (χ2n) is 11.7. The van der Waals surface area contributed by atoms with Crippen molar-refractivity contribution in [3.05, 3.63) is 152 Å². The predicted molar refractivity (Wildman–Crippen MR) is 189 cm³/mol. The third-order valence-corrected chi connectivity index (χ3v) is 9.17. The highest BCUT2D eigenvalue weighted by Crippen LogP contribution is 2.40. The van der Waals surface area contributed by atoms with Crippen LogP contribution in [-0.4, -0.2) is 24.1 Å². The molecule has 0 radical (unpaired) electrons. The second kappa shape index (κ2) is 9.58. The van der Waals surface area contributed by atoms with E-state index in [0.717, 1.165) is 33.4 Å². The van der Waals surface area contributed by atoms with Gasteiger partial charge in [0.2, 0.25) is 0 Å². The van der Waals surface area contributed by atoms with Crippen LogP contribution in [0.1, 0.15) is 0 Å². The minimum Gasteiger partial charge on any atom is -0.309 e. The van der Waals surface area contributed by atoms with E-state index < -0.39 is 0 Å². The number of aromatic nitrogens is 5. The molecule has 0 fully saturated rings. The van der Waals surface area contributed by atoms with Gasteiger partial charge in [0.15, 0.2) is 5.82 Å². The van der Waals surface area contributed by atoms with Crippen molar-refractivity contribution in [3.63, 3.8) is 0 Å². The Morgan fingerprint density at radius 3 is 1.67 bits per heavy atom. The lowest BCUT2D eigenvalue weighted by Gasteiger charge is -2.09. The Kier molecular flexibility index (Phi) is 5.22. The fraction of sp³-hybridized carbons (Fsp3) is 0. The summed E-state index contributed by atoms with van der Waals surface area (Å²) < 4.78 is 4.24. The molecule has 10 aromatic rings. The maximum atomic E-state index is 4.98. The first-order chi connectivity index (χ1) is 22.8. The lowest BCUT2D eigenvalue weighted by atomic mass is 10.00. The third-order valence-electron chi connectivity index (χ3n) is 9.17. The van der Waals surface area contributed by atoms with Crippen molar-refractivity contribution in [2.24, 2.45) is 0 Å². The molecular formula is C41H25N5. The molecule has 214 valence electrons. The maximum absolute atomic E-state index is 4.98. The Hall–Kier alpha value is -6.33. The summed E-state index contributed by atoms with van der Waals surface area (Å²) in [6, 6.07) is 53.4. The van der Waals surface area contributed by atoms with Gasteiger partial charge >= 0.3 is 0 Å². The van der Waals surface area contributed by atoms with E-state index >= 15 is 0 Å². The van der Waals surface area contributed by atoms with E-state index in [-0.39, 0.29) is 0 Å². The third kappa shape index (κ3) is 3.60. The number of fused-ring (bicyclic) bond motifs is 10. The first-order valence-corrected chi connectivity index (χ1v) is 15.5. The topological polar surface area (TPSA) is 48.0 Å². The van der Waals surface area contributed by atoms with Crippen molar-refractivity contribution in [3.8, 4) is 28.3 Å². The Labute approximate surface area is 263 Å². The molecule has 0 N–H and O–H groups in total. The SMILES string of the molecule is c1ccc(-c2nc3nc(-c4ccc(-n5c6ccc7ccccc7c6c6c7ccccc7ccc65)cc4)nn3c3ccccc23)cc1. The van der Waals surface area contributed by atoms with Gasteiger partial charge in [-0.25, -0.2) is 4.98 Å². The fourth-order valence-electron chi connectivity index (χ4n) is 7.08. The fourth-order valence-corrected chi connectivity index (χ4v) is 7.08. The molecule has 5 heteroatoms. The second-order valence-corrected chi connectivity index (χ2v) is 11.7. The highest BCUT2D eigenvalue weighted by atomic mass is 15.3. The molecule has 10 rings (SSSR count). The van der Waals surface area contributed by atoms with Gasteiger partial charge in [-0.3, -0.25) is 0 Å². The first-order valence-electron chi connectivity index (χ1n) is 15.5. The predicted octanol–water partition coefficient (Wildman–Crippen LogP) is 10.0. The minimum absolute atomic E-state index is 0.581. The first kappa shape index (κ1) is 25.0. The van der Waals surface area contributed by atoms with Crippen LogP contribution in [0.2, 0.25) is 0 Å². The molecule has 0 saturated heterocycles. The molecule has 0 aliphatic carbocycles. The van der Waals surface area contributed by atoms with E-state index in [2.05, 4.69) is 126 Å². The van der Waals surface area contributed by atoms with Crippen molar-refractivity contribution in [2.45, 2.75) is 0 Å². The zero-order valence-electron chi connectivity index (χ0n) is 24.7. The monoisotopic (exact) mass is 587 g/mol. The smallest absolute Gasteiger partial charge is 0.253 e. The van der Waals surface area contributed by atoms with Gasteiger partial charge in [-0.1, -0.05) is 109 Å². The van der Waals surface area contributed by atoms with Crippen molar-refractivity contribution >= 4 is 60.0 Å². The zero-order valence-corrected chi connectivity index (χ0v) is 24.7. The standard InChI is InChI=1S/C41H25N5/c1-2-12-28(13-3-1)39-33-16-8-9-17-34(33)46-41(42-39)43-40(44-46)29-18-22-30(23-19-29)45-35-24-20-26-10-4-6-14-31(26)37(35)38-32-15-7-5-11-27(32)21-25-36(38)45/h1-25H. The number of hydrogen-bond donors (Lipinski definition) is 0. The van der Waals surface area contributed by atoms with Gasteiger partial charge in [0, 0.05) is 33.0 Å². The highest BCUT2D eigenvalue weighted by molar-refractivity contribution is 6.28. The molecule has 0 aliphatic heterocycles. The molecule has 0 unspecified atom stereocenters. The van der Waals surface area contributed by atoms with E-state index in [1.54, 1.807) is 0 Å². The highest BCUT2D eigenvalue weighted by Gasteiger charge is 2.18. The van der Waals surface area contributed by atoms with Crippen LogP contribution in [0, 0.1) is 0 Å². The van der Waals surface area contributed by atoms with Crippen LogP contribution < -0.4 is 0 Å². The Morgan fingerprint density at radius 2 is 1.00 bits per heavy atom. The van der Waals surface area contributed by atoms with Crippen LogP contribution in [0.3, 0.4) is 0 Å². The number of para-hydroxylation sites is 1. The van der Waals surface area contributed by atoms with Gasteiger partial charge in [-0.05, 0) is 64.0 Å². The molecule has 3 heterocycles. The van der Waals surface area contributed by atoms with Crippen LogP contribution >= 0.6 is 0 Å². The van der Waals surface area contributed by atoms with E-state index in [9.17, 15) is 0 Å². The van der Waals surface area contributed by atoms with Crippen LogP contribution in [0.15, 0.2) is 152 Å². The molecule has 0 aliphatic rings. The summed E-state index contributed by atoms with van der Waals surface area (Å²) in [5.41, 5.74) is 7.35. The van der Waals surface area contributed by atoms with Crippen LogP contribution in [-0.2, 0) is 0 Å². The number of nitrogens with zero attached hydrogens (tertiary/aromatic N) is 5. The zero-order chi connectivity index (χ0) is 30.2. The van der Waals surface area contributed by atoms with Gasteiger partial charge in [0.25, 0.3) is 5.78 Å². The molecule has 0 spiro atoms. The normalized spacial score (nSPS) is 11.9. The van der Waals surface area contributed by atoms with Crippen molar-refractivity contribution in [1.29, 1.82) is 0 Å². The summed E-state index contributed by atoms with van der Waals surface area (Å²) in [4.78, 5) is 9.90. The maximum Gasteiger partial charge on any atom is 0.253 e. The van der Waals surface area contributed by atoms with Crippen molar-refractivity contribution in [1.82, 2.24) is 24.1 Å². The molecule has 0 amide bonds. The summed E-state index contributed by atoms with van der Waals surface area (Å²) in [5.74, 6) is 1.23. The van der Waals surface area contributed by atoms with E-state index in [1.165, 1.54) is 43.4 Å². The number of benzene rings is 7. The van der Waals surface area contributed by atoms with Crippen molar-refractivity contribution in [2.75, 3.05) is 0 Å². The van der Waals surface area contributed by atoms with E-state index in [4.69, 9.17) is 15.1 Å². The minimum atomic E-state index is 0.581. The number of rotatable bonds is 3. The molecule has 5 nitrogen and oxygen atoms in total. The molecule has 0 bridgehead atoms. The Balaban J connectivity index is 1.16. The molecule has 0 atom stereocenters. The van der Waals surface area contributed by atoms with E-state index in [1.807, 2.05) is 34.8 Å². The summed E-state index contributed by atoms with van der Waals surface area (Å²) in [5, 5.41) is 13.6. The molecule has 46 heavy (non-hydrogen) atoms. The average molecular weight is 588 g/mol. The van der Waals surface area contributed by atoms with Gasteiger partial charge in [-0.15, -0.1) is 5.10 Å². The molecule has 3 aromatic heterocycles. The summed E-state index contributed by atoms with van der Waals surface area (Å²) in [7, 11) is 0. The Bertz CT molecular complexity index is 2700. The number of hydrogen-bond acceptors (Lipinski definition) is 3. The van der Waals surface area contributed by atoms with E-state index in [0.29, 0.717) is 11.6 Å². The summed E-state index contributed by atoms with van der Waals surface area (Å²) in [6.07, 6.45) is 0. The quantitative estimate of drug-likeness (QED) is 0.207. The largest absolute Gasteiger partial charge is 0.309 e. The lowest BCUT2D eigenvalue weighted by molar-refractivity contribution is 0.988.